The van der Waals surface area contributed by atoms with Crippen molar-refractivity contribution in [2.75, 3.05) is 19.3 Å². The molecule has 0 saturated carbocycles. The van der Waals surface area contributed by atoms with Crippen molar-refractivity contribution in [3.63, 3.8) is 0 Å². The molecule has 0 spiro atoms. The summed E-state index contributed by atoms with van der Waals surface area (Å²) >= 11 is 0. The second kappa shape index (κ2) is 7.67. The largest absolute Gasteiger partial charge is 0.360 e. The molecule has 0 amide bonds. The Bertz CT molecular complexity index is 785. The van der Waals surface area contributed by atoms with E-state index in [1.54, 1.807) is 10.5 Å². The van der Waals surface area contributed by atoms with Crippen LogP contribution >= 0.6 is 0 Å². The maximum absolute atomic E-state index is 12.4. The lowest BCUT2D eigenvalue weighted by Gasteiger charge is -2.19. The van der Waals surface area contributed by atoms with Gasteiger partial charge in [0.1, 0.15) is 0 Å². The molecule has 0 fully saturated rings. The third kappa shape index (κ3) is 4.47. The number of nitrogens with zero attached hydrogens (tertiary/aromatic N) is 5. The maximum Gasteiger partial charge on any atom is 0.214 e. The quantitative estimate of drug-likeness (QED) is 0.736. The van der Waals surface area contributed by atoms with Crippen LogP contribution in [0.15, 0.2) is 22.9 Å². The third-order valence-electron chi connectivity index (χ3n) is 4.23. The molecular formula is C16H25N5O3S. The van der Waals surface area contributed by atoms with Crippen LogP contribution in [0.25, 0.3) is 0 Å². The van der Waals surface area contributed by atoms with Gasteiger partial charge in [-0.25, -0.2) is 8.42 Å². The second-order valence-electron chi connectivity index (χ2n) is 6.50. The molecule has 2 aromatic rings. The van der Waals surface area contributed by atoms with Crippen molar-refractivity contribution in [3.05, 3.63) is 35.5 Å². The lowest BCUT2D eigenvalue weighted by molar-refractivity contribution is 0.263. The highest BCUT2D eigenvalue weighted by atomic mass is 32.2. The fourth-order valence-corrected chi connectivity index (χ4v) is 4.63. The molecule has 138 valence electrons. The van der Waals surface area contributed by atoms with Gasteiger partial charge in [0.2, 0.25) is 10.0 Å². The smallest absolute Gasteiger partial charge is 0.214 e. The Kier molecular flexibility index (Phi) is 5.55. The van der Waals surface area contributed by atoms with Crippen molar-refractivity contribution in [2.45, 2.75) is 45.9 Å². The Morgan fingerprint density at radius 2 is 2.16 bits per heavy atom. The molecule has 2 aromatic heterocycles. The van der Waals surface area contributed by atoms with Crippen LogP contribution in [0.5, 0.6) is 0 Å². The normalized spacial score (nSPS) is 16.1. The minimum atomic E-state index is -3.19. The molecule has 3 rings (SSSR count). The highest BCUT2D eigenvalue weighted by molar-refractivity contribution is 7.89. The van der Waals surface area contributed by atoms with Crippen molar-refractivity contribution in [1.82, 2.24) is 24.1 Å². The van der Waals surface area contributed by atoms with Crippen molar-refractivity contribution in [1.29, 1.82) is 0 Å². The van der Waals surface area contributed by atoms with E-state index in [0.717, 1.165) is 30.1 Å². The Balaban J connectivity index is 1.68. The van der Waals surface area contributed by atoms with E-state index in [4.69, 9.17) is 4.52 Å². The molecule has 1 aliphatic heterocycles. The summed E-state index contributed by atoms with van der Waals surface area (Å²) in [5.74, 6) is 1.01. The van der Waals surface area contributed by atoms with Crippen molar-refractivity contribution in [3.8, 4) is 0 Å². The predicted molar refractivity (Wildman–Crippen MR) is 93.0 cm³/mol. The topological polar surface area (TPSA) is 84.5 Å². The van der Waals surface area contributed by atoms with Crippen LogP contribution in [0, 0.1) is 0 Å². The molecule has 9 heteroatoms. The summed E-state index contributed by atoms with van der Waals surface area (Å²) < 4.78 is 33.4. The van der Waals surface area contributed by atoms with E-state index in [2.05, 4.69) is 15.2 Å². The van der Waals surface area contributed by atoms with E-state index >= 15 is 0 Å². The first-order chi connectivity index (χ1) is 12.0. The monoisotopic (exact) mass is 367 g/mol. The van der Waals surface area contributed by atoms with Gasteiger partial charge in [-0.1, -0.05) is 12.1 Å². The number of fused-ring (bicyclic) bond motifs is 1. The summed E-state index contributed by atoms with van der Waals surface area (Å²) in [7, 11) is -1.19. The molecule has 0 radical (unpaired) electrons. The van der Waals surface area contributed by atoms with Gasteiger partial charge in [-0.05, 0) is 26.0 Å². The van der Waals surface area contributed by atoms with Crippen molar-refractivity contribution >= 4 is 10.0 Å². The highest BCUT2D eigenvalue weighted by Crippen LogP contribution is 2.18. The van der Waals surface area contributed by atoms with Gasteiger partial charge in [0.15, 0.2) is 5.76 Å². The SMILES string of the molecule is CCCS(=O)(=O)N1CCCn2nc(CN(C)Cc3ccno3)cc2C1. The van der Waals surface area contributed by atoms with Gasteiger partial charge in [-0.3, -0.25) is 9.58 Å². The number of aromatic nitrogens is 3. The van der Waals surface area contributed by atoms with E-state index in [1.807, 2.05) is 30.8 Å². The van der Waals surface area contributed by atoms with E-state index < -0.39 is 10.0 Å². The van der Waals surface area contributed by atoms with Crippen molar-refractivity contribution < 1.29 is 12.9 Å². The Morgan fingerprint density at radius 3 is 2.88 bits per heavy atom. The van der Waals surface area contributed by atoms with Crippen LogP contribution in [0.1, 0.15) is 36.9 Å². The van der Waals surface area contributed by atoms with Gasteiger partial charge in [0.25, 0.3) is 0 Å². The zero-order chi connectivity index (χ0) is 17.9. The summed E-state index contributed by atoms with van der Waals surface area (Å²) in [6.45, 7) is 4.93. The first-order valence-corrected chi connectivity index (χ1v) is 10.2. The summed E-state index contributed by atoms with van der Waals surface area (Å²) in [4.78, 5) is 2.09. The average molecular weight is 367 g/mol. The first-order valence-electron chi connectivity index (χ1n) is 8.59. The first kappa shape index (κ1) is 18.1. The zero-order valence-electron chi connectivity index (χ0n) is 14.8. The lowest BCUT2D eigenvalue weighted by Crippen LogP contribution is -2.32. The highest BCUT2D eigenvalue weighted by Gasteiger charge is 2.25. The van der Waals surface area contributed by atoms with Crippen molar-refractivity contribution in [2.24, 2.45) is 0 Å². The molecule has 1 aliphatic rings. The van der Waals surface area contributed by atoms with Crippen LogP contribution in [0.2, 0.25) is 0 Å². The molecule has 0 N–H and O–H groups in total. The maximum atomic E-state index is 12.4. The molecule has 8 nitrogen and oxygen atoms in total. The minimum Gasteiger partial charge on any atom is -0.360 e. The fraction of sp³-hybridized carbons (Fsp3) is 0.625. The van der Waals surface area contributed by atoms with Crippen LogP contribution in [0.3, 0.4) is 0 Å². The Labute approximate surface area is 148 Å². The van der Waals surface area contributed by atoms with E-state index in [0.29, 0.717) is 32.6 Å². The summed E-state index contributed by atoms with van der Waals surface area (Å²) in [5.41, 5.74) is 1.90. The van der Waals surface area contributed by atoms with Gasteiger partial charge in [-0.15, -0.1) is 0 Å². The van der Waals surface area contributed by atoms with Crippen LogP contribution in [-0.2, 0) is 36.2 Å². The standard InChI is InChI=1S/C16H25N5O3S/c1-3-9-25(22,23)20-7-4-8-21-15(12-20)10-14(18-21)11-19(2)13-16-5-6-17-24-16/h5-6,10H,3-4,7-9,11-13H2,1-2H3. The van der Waals surface area contributed by atoms with Gasteiger partial charge in [0, 0.05) is 25.7 Å². The number of hydrogen-bond donors (Lipinski definition) is 0. The Morgan fingerprint density at radius 1 is 1.32 bits per heavy atom. The molecule has 0 bridgehead atoms. The number of sulfonamides is 1. The van der Waals surface area contributed by atoms with E-state index in [1.165, 1.54) is 0 Å². The molecule has 0 aromatic carbocycles. The minimum absolute atomic E-state index is 0.202. The molecule has 0 aliphatic carbocycles. The summed E-state index contributed by atoms with van der Waals surface area (Å²) in [6.07, 6.45) is 3.05. The van der Waals surface area contributed by atoms with Crippen LogP contribution in [-0.4, -0.2) is 51.9 Å². The fourth-order valence-electron chi connectivity index (χ4n) is 3.12. The molecular weight excluding hydrogens is 342 g/mol. The van der Waals surface area contributed by atoms with E-state index in [9.17, 15) is 8.42 Å². The molecule has 0 saturated heterocycles. The molecule has 0 atom stereocenters. The van der Waals surface area contributed by atoms with Gasteiger partial charge >= 0.3 is 0 Å². The molecule has 25 heavy (non-hydrogen) atoms. The lowest BCUT2D eigenvalue weighted by atomic mass is 10.3. The number of aryl methyl sites for hydroxylation is 1. The molecule has 0 unspecified atom stereocenters. The number of hydrogen-bond acceptors (Lipinski definition) is 6. The second-order valence-corrected chi connectivity index (χ2v) is 8.59. The third-order valence-corrected chi connectivity index (χ3v) is 6.26. The predicted octanol–water partition coefficient (Wildman–Crippen LogP) is 1.45. The van der Waals surface area contributed by atoms with Crippen LogP contribution < -0.4 is 0 Å². The van der Waals surface area contributed by atoms with Gasteiger partial charge in [-0.2, -0.15) is 9.40 Å². The van der Waals surface area contributed by atoms with E-state index in [-0.39, 0.29) is 5.75 Å². The summed E-state index contributed by atoms with van der Waals surface area (Å²) in [6, 6.07) is 3.85. The summed E-state index contributed by atoms with van der Waals surface area (Å²) in [5, 5.41) is 8.36. The molecule has 3 heterocycles. The number of rotatable bonds is 7. The van der Waals surface area contributed by atoms with Gasteiger partial charge in [0.05, 0.1) is 36.4 Å². The zero-order valence-corrected chi connectivity index (χ0v) is 15.6. The van der Waals surface area contributed by atoms with Crippen LogP contribution in [0.4, 0.5) is 0 Å². The Hall–Kier alpha value is -1.71. The van der Waals surface area contributed by atoms with Gasteiger partial charge < -0.3 is 4.52 Å². The average Bonchev–Trinajstić information content (AvgIpc) is 3.12.